The first-order chi connectivity index (χ1) is 9.78. The zero-order valence-electron chi connectivity index (χ0n) is 11.8. The topological polar surface area (TPSA) is 15.3 Å². The van der Waals surface area contributed by atoms with Crippen LogP contribution in [0.2, 0.25) is 0 Å². The summed E-state index contributed by atoms with van der Waals surface area (Å²) in [4.78, 5) is 2.13. The lowest BCUT2D eigenvalue weighted by molar-refractivity contribution is 0.390. The lowest BCUT2D eigenvalue weighted by Crippen LogP contribution is -2.46. The van der Waals surface area contributed by atoms with Gasteiger partial charge in [-0.15, -0.1) is 6.58 Å². The van der Waals surface area contributed by atoms with E-state index in [0.29, 0.717) is 6.04 Å². The monoisotopic (exact) mass is 286 g/mol. The van der Waals surface area contributed by atoms with Crippen LogP contribution in [0.15, 0.2) is 43.0 Å². The predicted octanol–water partition coefficient (Wildman–Crippen LogP) is 3.74. The largest absolute Gasteiger partial charge is 0.359 e. The Morgan fingerprint density at radius 3 is 2.70 bits per heavy atom. The quantitative estimate of drug-likeness (QED) is 0.670. The van der Waals surface area contributed by atoms with Crippen LogP contribution in [0.1, 0.15) is 25.7 Å². The van der Waals surface area contributed by atoms with Gasteiger partial charge < -0.3 is 10.2 Å². The Balaban J connectivity index is 1.68. The molecule has 3 heteroatoms. The summed E-state index contributed by atoms with van der Waals surface area (Å²) in [6, 6.07) is 10.9. The second-order valence-corrected chi connectivity index (χ2v) is 6.35. The van der Waals surface area contributed by atoms with Gasteiger partial charge in [0.2, 0.25) is 0 Å². The molecule has 2 aliphatic carbocycles. The van der Waals surface area contributed by atoms with Gasteiger partial charge in [-0.2, -0.15) is 0 Å². The summed E-state index contributed by atoms with van der Waals surface area (Å²) >= 11 is 5.64. The van der Waals surface area contributed by atoms with Crippen LogP contribution in [0.25, 0.3) is 0 Å². The van der Waals surface area contributed by atoms with Gasteiger partial charge in [0, 0.05) is 18.3 Å². The van der Waals surface area contributed by atoms with Gasteiger partial charge in [0.25, 0.3) is 0 Å². The van der Waals surface area contributed by atoms with Gasteiger partial charge in [-0.3, -0.25) is 0 Å². The summed E-state index contributed by atoms with van der Waals surface area (Å²) in [6.45, 7) is 4.60. The maximum atomic E-state index is 5.64. The number of anilines is 1. The molecular formula is C17H22N2S. The van der Waals surface area contributed by atoms with Crippen molar-refractivity contribution in [3.63, 3.8) is 0 Å². The number of nitrogens with one attached hydrogen (secondary N) is 1. The Hall–Kier alpha value is -1.35. The van der Waals surface area contributed by atoms with E-state index in [1.54, 1.807) is 0 Å². The molecule has 3 atom stereocenters. The van der Waals surface area contributed by atoms with Gasteiger partial charge in [0.1, 0.15) is 0 Å². The molecule has 2 bridgehead atoms. The van der Waals surface area contributed by atoms with E-state index in [-0.39, 0.29) is 0 Å². The maximum Gasteiger partial charge on any atom is 0.173 e. The van der Waals surface area contributed by atoms with Crippen LogP contribution >= 0.6 is 12.2 Å². The first kappa shape index (κ1) is 13.6. The highest BCUT2D eigenvalue weighted by molar-refractivity contribution is 7.80. The fourth-order valence-corrected chi connectivity index (χ4v) is 4.03. The number of benzene rings is 1. The van der Waals surface area contributed by atoms with Crippen molar-refractivity contribution in [1.82, 2.24) is 5.32 Å². The summed E-state index contributed by atoms with van der Waals surface area (Å²) in [5.41, 5.74) is 1.13. The number of fused-ring (bicyclic) bond motifs is 2. The third-order valence-electron chi connectivity index (χ3n) is 4.67. The standard InChI is InChI=1S/C17H22N2S/c1-2-10-19(15-6-4-3-5-7-15)17(20)18-16-12-13-8-9-14(16)11-13/h2-7,13-14,16H,1,8-12H2,(H,18,20)/t13-,14+,16+/m0/s1. The van der Waals surface area contributed by atoms with Crippen LogP contribution in [0.3, 0.4) is 0 Å². The van der Waals surface area contributed by atoms with E-state index in [9.17, 15) is 0 Å². The van der Waals surface area contributed by atoms with Crippen molar-refractivity contribution in [1.29, 1.82) is 0 Å². The average molecular weight is 286 g/mol. The van der Waals surface area contributed by atoms with Gasteiger partial charge in [0.15, 0.2) is 5.11 Å². The van der Waals surface area contributed by atoms with Gasteiger partial charge in [0.05, 0.1) is 0 Å². The number of para-hydroxylation sites is 1. The molecule has 1 N–H and O–H groups in total. The molecule has 2 nitrogen and oxygen atoms in total. The molecule has 3 rings (SSSR count). The zero-order chi connectivity index (χ0) is 13.9. The van der Waals surface area contributed by atoms with Crippen LogP contribution in [-0.4, -0.2) is 17.7 Å². The van der Waals surface area contributed by atoms with Crippen molar-refractivity contribution < 1.29 is 0 Å². The molecule has 0 aromatic heterocycles. The van der Waals surface area contributed by atoms with Gasteiger partial charge >= 0.3 is 0 Å². The highest BCUT2D eigenvalue weighted by Gasteiger charge is 2.40. The number of hydrogen-bond donors (Lipinski definition) is 1. The van der Waals surface area contributed by atoms with Gasteiger partial charge in [-0.05, 0) is 55.4 Å². The van der Waals surface area contributed by atoms with E-state index in [1.807, 2.05) is 24.3 Å². The van der Waals surface area contributed by atoms with Crippen LogP contribution in [0, 0.1) is 11.8 Å². The summed E-state index contributed by atoms with van der Waals surface area (Å²) in [5, 5.41) is 4.44. The number of rotatable bonds is 4. The number of nitrogens with zero attached hydrogens (tertiary/aromatic N) is 1. The molecule has 2 fully saturated rings. The Morgan fingerprint density at radius 2 is 2.10 bits per heavy atom. The normalized spacial score (nSPS) is 27.3. The fourth-order valence-electron chi connectivity index (χ4n) is 3.70. The second kappa shape index (κ2) is 5.96. The molecule has 2 saturated carbocycles. The predicted molar refractivity (Wildman–Crippen MR) is 89.0 cm³/mol. The van der Waals surface area contributed by atoms with E-state index in [4.69, 9.17) is 12.2 Å². The van der Waals surface area contributed by atoms with Crippen LogP contribution < -0.4 is 10.2 Å². The minimum atomic E-state index is 0.581. The van der Waals surface area contributed by atoms with Crippen molar-refractivity contribution in [2.24, 2.45) is 11.8 Å². The first-order valence-electron chi connectivity index (χ1n) is 7.52. The van der Waals surface area contributed by atoms with Crippen LogP contribution in [0.4, 0.5) is 5.69 Å². The van der Waals surface area contributed by atoms with E-state index in [1.165, 1.54) is 25.7 Å². The Bertz CT molecular complexity index is 485. The highest BCUT2D eigenvalue weighted by atomic mass is 32.1. The highest BCUT2D eigenvalue weighted by Crippen LogP contribution is 2.44. The lowest BCUT2D eigenvalue weighted by Gasteiger charge is -2.30. The van der Waals surface area contributed by atoms with Crippen molar-refractivity contribution >= 4 is 23.0 Å². The summed E-state index contributed by atoms with van der Waals surface area (Å²) < 4.78 is 0. The zero-order valence-corrected chi connectivity index (χ0v) is 12.6. The summed E-state index contributed by atoms with van der Waals surface area (Å²) in [7, 11) is 0. The van der Waals surface area contributed by atoms with E-state index >= 15 is 0 Å². The van der Waals surface area contributed by atoms with Crippen molar-refractivity contribution in [2.75, 3.05) is 11.4 Å². The summed E-state index contributed by atoms with van der Waals surface area (Å²) in [5.74, 6) is 1.77. The first-order valence-corrected chi connectivity index (χ1v) is 7.92. The molecule has 0 amide bonds. The minimum absolute atomic E-state index is 0.581. The molecule has 0 saturated heterocycles. The van der Waals surface area contributed by atoms with Crippen LogP contribution in [-0.2, 0) is 0 Å². The smallest absolute Gasteiger partial charge is 0.173 e. The Morgan fingerprint density at radius 1 is 1.30 bits per heavy atom. The number of thiocarbonyl (C=S) groups is 1. The molecular weight excluding hydrogens is 264 g/mol. The van der Waals surface area contributed by atoms with Gasteiger partial charge in [-0.25, -0.2) is 0 Å². The summed E-state index contributed by atoms with van der Waals surface area (Å²) in [6.07, 6.45) is 7.39. The van der Waals surface area contributed by atoms with Crippen molar-refractivity contribution in [3.05, 3.63) is 43.0 Å². The van der Waals surface area contributed by atoms with E-state index in [0.717, 1.165) is 29.2 Å². The molecule has 0 aliphatic heterocycles. The molecule has 106 valence electrons. The van der Waals surface area contributed by atoms with E-state index in [2.05, 4.69) is 28.9 Å². The molecule has 1 aromatic rings. The molecule has 0 unspecified atom stereocenters. The Kier molecular flexibility index (Phi) is 4.06. The fraction of sp³-hybridized carbons (Fsp3) is 0.471. The molecule has 20 heavy (non-hydrogen) atoms. The van der Waals surface area contributed by atoms with Crippen molar-refractivity contribution in [3.8, 4) is 0 Å². The van der Waals surface area contributed by atoms with Gasteiger partial charge in [-0.1, -0.05) is 30.7 Å². The molecule has 0 spiro atoms. The molecule has 0 radical (unpaired) electrons. The maximum absolute atomic E-state index is 5.64. The second-order valence-electron chi connectivity index (χ2n) is 5.97. The van der Waals surface area contributed by atoms with Crippen LogP contribution in [0.5, 0.6) is 0 Å². The third-order valence-corrected chi connectivity index (χ3v) is 5.01. The lowest BCUT2D eigenvalue weighted by atomic mass is 9.95. The van der Waals surface area contributed by atoms with E-state index < -0.39 is 0 Å². The van der Waals surface area contributed by atoms with Crippen molar-refractivity contribution in [2.45, 2.75) is 31.7 Å². The number of hydrogen-bond acceptors (Lipinski definition) is 1. The minimum Gasteiger partial charge on any atom is -0.359 e. The molecule has 1 aromatic carbocycles. The third kappa shape index (κ3) is 2.73. The Labute approximate surface area is 126 Å². The SMILES string of the molecule is C=CCN(C(=S)N[C@@H]1C[C@H]2CC[C@@H]1C2)c1ccccc1. The molecule has 2 aliphatic rings. The average Bonchev–Trinajstić information content (AvgIpc) is 3.08. The molecule has 0 heterocycles.